The Hall–Kier alpha value is -2.06. The molecule has 0 aromatic heterocycles. The summed E-state index contributed by atoms with van der Waals surface area (Å²) in [4.78, 5) is 16.6. The van der Waals surface area contributed by atoms with Crippen LogP contribution in [0.25, 0.3) is 0 Å². The molecular weight excluding hydrogens is 288 g/mol. The molecule has 5 heteroatoms. The maximum atomic E-state index is 12.6. The summed E-state index contributed by atoms with van der Waals surface area (Å²) in [5, 5.41) is 12.6. The van der Waals surface area contributed by atoms with Crippen molar-refractivity contribution in [2.45, 2.75) is 43.8 Å². The normalized spacial score (nSPS) is 27.0. The highest BCUT2D eigenvalue weighted by Gasteiger charge is 2.36. The number of nitrogens with one attached hydrogen (secondary N) is 1. The second kappa shape index (κ2) is 7.01. The van der Waals surface area contributed by atoms with Crippen LogP contribution in [0, 0.1) is 11.3 Å². The van der Waals surface area contributed by atoms with Crippen LogP contribution in [0.3, 0.4) is 0 Å². The van der Waals surface area contributed by atoms with Crippen LogP contribution in [0.1, 0.15) is 25.7 Å². The number of hydrogen-bond donors (Lipinski definition) is 1. The standard InChI is InChI=1S/C18H24N4O/c1-21(15-6-3-2-4-7-15)13-14-9-10-17(20-14)18(23)22-11-5-8-16(22)12-19/h2-4,6-7,14,16-17,20H,5,8-11,13H2,1H3. The van der Waals surface area contributed by atoms with E-state index in [1.165, 1.54) is 5.69 Å². The summed E-state index contributed by atoms with van der Waals surface area (Å²) < 4.78 is 0. The van der Waals surface area contributed by atoms with Gasteiger partial charge in [-0.3, -0.25) is 4.79 Å². The van der Waals surface area contributed by atoms with E-state index in [-0.39, 0.29) is 18.0 Å². The number of hydrogen-bond acceptors (Lipinski definition) is 4. The van der Waals surface area contributed by atoms with E-state index in [4.69, 9.17) is 5.26 Å². The molecule has 2 aliphatic heterocycles. The zero-order valence-corrected chi connectivity index (χ0v) is 13.6. The number of nitrogens with zero attached hydrogens (tertiary/aromatic N) is 3. The Morgan fingerprint density at radius 3 is 2.87 bits per heavy atom. The third-order valence-corrected chi connectivity index (χ3v) is 4.91. The van der Waals surface area contributed by atoms with Crippen LogP contribution >= 0.6 is 0 Å². The molecule has 3 rings (SSSR count). The number of benzene rings is 1. The highest BCUT2D eigenvalue weighted by Crippen LogP contribution is 2.22. The van der Waals surface area contributed by atoms with Crippen molar-refractivity contribution in [1.82, 2.24) is 10.2 Å². The lowest BCUT2D eigenvalue weighted by Gasteiger charge is -2.26. The van der Waals surface area contributed by atoms with Crippen LogP contribution in [-0.4, -0.2) is 49.1 Å². The molecule has 5 nitrogen and oxygen atoms in total. The van der Waals surface area contributed by atoms with Crippen molar-refractivity contribution >= 4 is 11.6 Å². The number of carbonyl (C=O) groups is 1. The first-order chi connectivity index (χ1) is 11.2. The van der Waals surface area contributed by atoms with E-state index in [1.807, 2.05) is 18.2 Å². The number of likely N-dealkylation sites (tertiary alicyclic amines) is 1. The number of rotatable bonds is 4. The molecule has 1 N–H and O–H groups in total. The van der Waals surface area contributed by atoms with Gasteiger partial charge in [-0.05, 0) is 37.8 Å². The average Bonchev–Trinajstić information content (AvgIpc) is 3.24. The predicted molar refractivity (Wildman–Crippen MR) is 90.0 cm³/mol. The lowest BCUT2D eigenvalue weighted by Crippen LogP contribution is -2.48. The van der Waals surface area contributed by atoms with Crippen LogP contribution in [0.15, 0.2) is 30.3 Å². The van der Waals surface area contributed by atoms with Crippen LogP contribution in [0.5, 0.6) is 0 Å². The summed E-state index contributed by atoms with van der Waals surface area (Å²) in [6, 6.07) is 12.5. The van der Waals surface area contributed by atoms with Crippen molar-refractivity contribution in [3.8, 4) is 6.07 Å². The van der Waals surface area contributed by atoms with Crippen molar-refractivity contribution in [2.75, 3.05) is 25.0 Å². The minimum atomic E-state index is -0.227. The van der Waals surface area contributed by atoms with Gasteiger partial charge in [-0.2, -0.15) is 5.26 Å². The molecule has 0 radical (unpaired) electrons. The largest absolute Gasteiger partial charge is 0.373 e. The fourth-order valence-corrected chi connectivity index (χ4v) is 3.64. The van der Waals surface area contributed by atoms with Crippen molar-refractivity contribution in [3.05, 3.63) is 30.3 Å². The molecule has 0 aliphatic carbocycles. The van der Waals surface area contributed by atoms with E-state index in [0.717, 1.165) is 38.8 Å². The Kier molecular flexibility index (Phi) is 4.82. The maximum Gasteiger partial charge on any atom is 0.240 e. The Labute approximate surface area is 137 Å². The molecule has 3 unspecified atom stereocenters. The predicted octanol–water partition coefficient (Wildman–Crippen LogP) is 1.76. The topological polar surface area (TPSA) is 59.4 Å². The van der Waals surface area contributed by atoms with Gasteiger partial charge in [0.2, 0.25) is 5.91 Å². The molecule has 1 aromatic carbocycles. The number of amides is 1. The Bertz CT molecular complexity index is 582. The molecule has 122 valence electrons. The van der Waals surface area contributed by atoms with Gasteiger partial charge in [-0.15, -0.1) is 0 Å². The zero-order valence-electron chi connectivity index (χ0n) is 13.6. The van der Waals surface area contributed by atoms with Crippen LogP contribution in [-0.2, 0) is 4.79 Å². The minimum absolute atomic E-state index is 0.110. The van der Waals surface area contributed by atoms with Gasteiger partial charge in [0.05, 0.1) is 12.1 Å². The third-order valence-electron chi connectivity index (χ3n) is 4.91. The van der Waals surface area contributed by atoms with E-state index in [9.17, 15) is 4.79 Å². The molecule has 3 atom stereocenters. The van der Waals surface area contributed by atoms with Crippen LogP contribution < -0.4 is 10.2 Å². The van der Waals surface area contributed by atoms with Gasteiger partial charge >= 0.3 is 0 Å². The number of likely N-dealkylation sites (N-methyl/N-ethyl adjacent to an activating group) is 1. The van der Waals surface area contributed by atoms with Crippen molar-refractivity contribution < 1.29 is 4.79 Å². The first-order valence-electron chi connectivity index (χ1n) is 8.41. The summed E-state index contributed by atoms with van der Waals surface area (Å²) in [7, 11) is 2.08. The quantitative estimate of drug-likeness (QED) is 0.920. The Balaban J connectivity index is 1.54. The lowest BCUT2D eigenvalue weighted by molar-refractivity contribution is -0.133. The van der Waals surface area contributed by atoms with E-state index >= 15 is 0 Å². The average molecular weight is 312 g/mol. The molecule has 2 saturated heterocycles. The molecule has 0 spiro atoms. The zero-order chi connectivity index (χ0) is 16.2. The molecule has 1 aromatic rings. The summed E-state index contributed by atoms with van der Waals surface area (Å²) in [6.07, 6.45) is 3.62. The highest BCUT2D eigenvalue weighted by molar-refractivity contribution is 5.83. The Morgan fingerprint density at radius 2 is 2.13 bits per heavy atom. The summed E-state index contributed by atoms with van der Waals surface area (Å²) >= 11 is 0. The van der Waals surface area contributed by atoms with E-state index in [0.29, 0.717) is 6.04 Å². The van der Waals surface area contributed by atoms with Crippen molar-refractivity contribution in [1.29, 1.82) is 5.26 Å². The van der Waals surface area contributed by atoms with E-state index in [2.05, 4.69) is 35.5 Å². The first-order valence-corrected chi connectivity index (χ1v) is 8.41. The first kappa shape index (κ1) is 15.8. The van der Waals surface area contributed by atoms with Crippen LogP contribution in [0.2, 0.25) is 0 Å². The fourth-order valence-electron chi connectivity index (χ4n) is 3.64. The maximum absolute atomic E-state index is 12.6. The minimum Gasteiger partial charge on any atom is -0.373 e. The summed E-state index contributed by atoms with van der Waals surface area (Å²) in [5.74, 6) is 0.110. The number of anilines is 1. The van der Waals surface area contributed by atoms with Gasteiger partial charge in [0.1, 0.15) is 6.04 Å². The third kappa shape index (κ3) is 3.48. The molecule has 2 fully saturated rings. The van der Waals surface area contributed by atoms with Gasteiger partial charge in [0, 0.05) is 31.9 Å². The van der Waals surface area contributed by atoms with Gasteiger partial charge < -0.3 is 15.1 Å². The molecule has 1 amide bonds. The van der Waals surface area contributed by atoms with Gasteiger partial charge in [-0.25, -0.2) is 0 Å². The van der Waals surface area contributed by atoms with E-state index < -0.39 is 0 Å². The monoisotopic (exact) mass is 312 g/mol. The summed E-state index contributed by atoms with van der Waals surface area (Å²) in [5.41, 5.74) is 1.19. The summed E-state index contributed by atoms with van der Waals surface area (Å²) in [6.45, 7) is 1.61. The van der Waals surface area contributed by atoms with Crippen molar-refractivity contribution in [3.63, 3.8) is 0 Å². The molecule has 2 heterocycles. The second-order valence-corrected chi connectivity index (χ2v) is 6.53. The number of para-hydroxylation sites is 1. The number of carbonyl (C=O) groups excluding carboxylic acids is 1. The van der Waals surface area contributed by atoms with Crippen LogP contribution in [0.4, 0.5) is 5.69 Å². The molecule has 2 aliphatic rings. The lowest BCUT2D eigenvalue weighted by atomic mass is 10.1. The molecule has 0 bridgehead atoms. The smallest absolute Gasteiger partial charge is 0.240 e. The molecule has 23 heavy (non-hydrogen) atoms. The second-order valence-electron chi connectivity index (χ2n) is 6.53. The Morgan fingerprint density at radius 1 is 1.35 bits per heavy atom. The van der Waals surface area contributed by atoms with Crippen molar-refractivity contribution in [2.24, 2.45) is 0 Å². The fraction of sp³-hybridized carbons (Fsp3) is 0.556. The van der Waals surface area contributed by atoms with Gasteiger partial charge in [-0.1, -0.05) is 18.2 Å². The van der Waals surface area contributed by atoms with Gasteiger partial charge in [0.25, 0.3) is 0 Å². The molecule has 0 saturated carbocycles. The van der Waals surface area contributed by atoms with E-state index in [1.54, 1.807) is 4.90 Å². The number of nitriles is 1. The highest BCUT2D eigenvalue weighted by atomic mass is 16.2. The van der Waals surface area contributed by atoms with Gasteiger partial charge in [0.15, 0.2) is 0 Å². The SMILES string of the molecule is CN(CC1CCC(C(=O)N2CCCC2C#N)N1)c1ccccc1. The molecular formula is C18H24N4O.